The molecular formula is C13H28N2O2S. The fourth-order valence-electron chi connectivity index (χ4n) is 2.40. The van der Waals surface area contributed by atoms with Gasteiger partial charge in [-0.3, -0.25) is 0 Å². The Morgan fingerprint density at radius 3 is 2.61 bits per heavy atom. The van der Waals surface area contributed by atoms with Gasteiger partial charge in [0.1, 0.15) is 0 Å². The van der Waals surface area contributed by atoms with E-state index in [9.17, 15) is 8.42 Å². The van der Waals surface area contributed by atoms with Crippen LogP contribution in [0.1, 0.15) is 52.9 Å². The number of unbranched alkanes of at least 4 members (excludes halogenated alkanes) is 1. The van der Waals surface area contributed by atoms with E-state index < -0.39 is 10.0 Å². The molecule has 0 aromatic carbocycles. The van der Waals surface area contributed by atoms with Crippen molar-refractivity contribution in [1.29, 1.82) is 0 Å². The maximum absolute atomic E-state index is 12.5. The van der Waals surface area contributed by atoms with Crippen LogP contribution in [0.25, 0.3) is 0 Å². The molecule has 0 bridgehead atoms. The van der Waals surface area contributed by atoms with E-state index in [-0.39, 0.29) is 17.8 Å². The van der Waals surface area contributed by atoms with E-state index in [0.29, 0.717) is 6.54 Å². The third kappa shape index (κ3) is 4.52. The van der Waals surface area contributed by atoms with Crippen molar-refractivity contribution < 1.29 is 8.42 Å². The Balaban J connectivity index is 2.67. The zero-order valence-corrected chi connectivity index (χ0v) is 12.8. The quantitative estimate of drug-likeness (QED) is 0.737. The molecule has 2 unspecified atom stereocenters. The van der Waals surface area contributed by atoms with E-state index in [0.717, 1.165) is 38.6 Å². The Morgan fingerprint density at radius 2 is 2.11 bits per heavy atom. The average Bonchev–Trinajstić information content (AvgIpc) is 2.80. The highest BCUT2D eigenvalue weighted by atomic mass is 32.2. The van der Waals surface area contributed by atoms with Gasteiger partial charge < -0.3 is 5.32 Å². The smallest absolute Gasteiger partial charge is 0.215 e. The lowest BCUT2D eigenvalue weighted by atomic mass is 10.2. The zero-order chi connectivity index (χ0) is 13.6. The molecule has 1 aliphatic rings. The van der Waals surface area contributed by atoms with Crippen molar-refractivity contribution in [1.82, 2.24) is 9.62 Å². The summed E-state index contributed by atoms with van der Waals surface area (Å²) in [5.41, 5.74) is 0. The minimum absolute atomic E-state index is 0.114. The Bertz CT molecular complexity index is 324. The van der Waals surface area contributed by atoms with E-state index in [4.69, 9.17) is 0 Å². The molecule has 0 amide bonds. The Morgan fingerprint density at radius 1 is 1.39 bits per heavy atom. The van der Waals surface area contributed by atoms with Gasteiger partial charge in [0, 0.05) is 18.6 Å². The number of rotatable bonds is 8. The third-order valence-electron chi connectivity index (χ3n) is 3.75. The van der Waals surface area contributed by atoms with Crippen LogP contribution >= 0.6 is 0 Å². The van der Waals surface area contributed by atoms with E-state index in [1.807, 2.05) is 13.8 Å². The SMILES string of the molecule is CCCCN(C(C)CC)S(=O)(=O)CC1CCCN1. The van der Waals surface area contributed by atoms with Crippen LogP contribution < -0.4 is 5.32 Å². The summed E-state index contributed by atoms with van der Waals surface area (Å²) in [4.78, 5) is 0. The van der Waals surface area contributed by atoms with Gasteiger partial charge in [0.05, 0.1) is 5.75 Å². The fraction of sp³-hybridized carbons (Fsp3) is 1.00. The predicted octanol–water partition coefficient (Wildman–Crippen LogP) is 1.97. The Kier molecular flexibility index (Phi) is 6.60. The first kappa shape index (κ1) is 15.9. The fourth-order valence-corrected chi connectivity index (χ4v) is 4.49. The molecule has 1 rings (SSSR count). The maximum atomic E-state index is 12.5. The van der Waals surface area contributed by atoms with Gasteiger partial charge in [-0.2, -0.15) is 4.31 Å². The van der Waals surface area contributed by atoms with E-state index >= 15 is 0 Å². The first-order valence-corrected chi connectivity index (χ1v) is 8.85. The molecule has 2 atom stereocenters. The molecule has 1 aliphatic heterocycles. The number of nitrogens with zero attached hydrogens (tertiary/aromatic N) is 1. The van der Waals surface area contributed by atoms with Gasteiger partial charge in [-0.15, -0.1) is 0 Å². The molecule has 1 heterocycles. The Hall–Kier alpha value is -0.130. The summed E-state index contributed by atoms with van der Waals surface area (Å²) < 4.78 is 26.7. The summed E-state index contributed by atoms with van der Waals surface area (Å²) in [5, 5.41) is 3.27. The first-order valence-electron chi connectivity index (χ1n) is 7.24. The van der Waals surface area contributed by atoms with Gasteiger partial charge >= 0.3 is 0 Å². The Labute approximate surface area is 112 Å². The summed E-state index contributed by atoms with van der Waals surface area (Å²) in [6, 6.07) is 0.270. The van der Waals surface area contributed by atoms with E-state index in [2.05, 4.69) is 12.2 Å². The summed E-state index contributed by atoms with van der Waals surface area (Å²) >= 11 is 0. The second-order valence-electron chi connectivity index (χ2n) is 5.29. The summed E-state index contributed by atoms with van der Waals surface area (Å²) in [7, 11) is -3.12. The second-order valence-corrected chi connectivity index (χ2v) is 7.26. The van der Waals surface area contributed by atoms with Crippen LogP contribution in [-0.4, -0.2) is 43.6 Å². The molecule has 1 N–H and O–H groups in total. The van der Waals surface area contributed by atoms with Crippen LogP contribution in [0.2, 0.25) is 0 Å². The predicted molar refractivity (Wildman–Crippen MR) is 76.2 cm³/mol. The monoisotopic (exact) mass is 276 g/mol. The molecule has 5 heteroatoms. The van der Waals surface area contributed by atoms with Crippen molar-refractivity contribution in [3.05, 3.63) is 0 Å². The standard InChI is InChI=1S/C13H28N2O2S/c1-4-6-10-15(12(3)5-2)18(16,17)11-13-8-7-9-14-13/h12-14H,4-11H2,1-3H3. The minimum Gasteiger partial charge on any atom is -0.313 e. The number of nitrogens with one attached hydrogen (secondary N) is 1. The van der Waals surface area contributed by atoms with Crippen LogP contribution in [0, 0.1) is 0 Å². The molecule has 18 heavy (non-hydrogen) atoms. The normalized spacial score (nSPS) is 22.6. The molecule has 0 saturated carbocycles. The maximum Gasteiger partial charge on any atom is 0.215 e. The van der Waals surface area contributed by atoms with Gasteiger partial charge in [-0.25, -0.2) is 8.42 Å². The molecule has 0 aromatic heterocycles. The number of hydrogen-bond donors (Lipinski definition) is 1. The first-order chi connectivity index (χ1) is 8.51. The molecule has 0 aromatic rings. The molecule has 0 aliphatic carbocycles. The summed E-state index contributed by atoms with van der Waals surface area (Å²) in [6.07, 6.45) is 4.94. The molecule has 4 nitrogen and oxygen atoms in total. The zero-order valence-electron chi connectivity index (χ0n) is 12.0. The number of sulfonamides is 1. The van der Waals surface area contributed by atoms with Crippen molar-refractivity contribution in [2.24, 2.45) is 0 Å². The summed E-state index contributed by atoms with van der Waals surface area (Å²) in [5.74, 6) is 0.265. The molecule has 1 fully saturated rings. The van der Waals surface area contributed by atoms with E-state index in [1.54, 1.807) is 4.31 Å². The van der Waals surface area contributed by atoms with Crippen molar-refractivity contribution in [2.45, 2.75) is 65.0 Å². The summed E-state index contributed by atoms with van der Waals surface area (Å²) in [6.45, 7) is 7.78. The highest BCUT2D eigenvalue weighted by molar-refractivity contribution is 7.89. The van der Waals surface area contributed by atoms with Crippen molar-refractivity contribution in [3.8, 4) is 0 Å². The topological polar surface area (TPSA) is 49.4 Å². The van der Waals surface area contributed by atoms with Crippen molar-refractivity contribution >= 4 is 10.0 Å². The van der Waals surface area contributed by atoms with Crippen LogP contribution in [0.5, 0.6) is 0 Å². The van der Waals surface area contributed by atoms with Gasteiger partial charge in [0.25, 0.3) is 0 Å². The molecule has 0 radical (unpaired) electrons. The van der Waals surface area contributed by atoms with E-state index in [1.165, 1.54) is 0 Å². The van der Waals surface area contributed by atoms with Gasteiger partial charge in [0.15, 0.2) is 0 Å². The largest absolute Gasteiger partial charge is 0.313 e. The van der Waals surface area contributed by atoms with Crippen LogP contribution in [-0.2, 0) is 10.0 Å². The van der Waals surface area contributed by atoms with Crippen molar-refractivity contribution in [3.63, 3.8) is 0 Å². The molecule has 0 spiro atoms. The van der Waals surface area contributed by atoms with Crippen LogP contribution in [0.15, 0.2) is 0 Å². The third-order valence-corrected chi connectivity index (χ3v) is 5.83. The van der Waals surface area contributed by atoms with Crippen LogP contribution in [0.4, 0.5) is 0 Å². The molecular weight excluding hydrogens is 248 g/mol. The van der Waals surface area contributed by atoms with Crippen LogP contribution in [0.3, 0.4) is 0 Å². The lowest BCUT2D eigenvalue weighted by Gasteiger charge is -2.28. The second kappa shape index (κ2) is 7.46. The number of hydrogen-bond acceptors (Lipinski definition) is 3. The highest BCUT2D eigenvalue weighted by Crippen LogP contribution is 2.16. The van der Waals surface area contributed by atoms with Gasteiger partial charge in [-0.05, 0) is 39.2 Å². The lowest BCUT2D eigenvalue weighted by molar-refractivity contribution is 0.322. The molecule has 1 saturated heterocycles. The lowest BCUT2D eigenvalue weighted by Crippen LogP contribution is -2.44. The molecule has 108 valence electrons. The average molecular weight is 276 g/mol. The minimum atomic E-state index is -3.12. The van der Waals surface area contributed by atoms with Crippen molar-refractivity contribution in [2.75, 3.05) is 18.8 Å². The van der Waals surface area contributed by atoms with Gasteiger partial charge in [0.2, 0.25) is 10.0 Å². The highest BCUT2D eigenvalue weighted by Gasteiger charge is 2.29. The van der Waals surface area contributed by atoms with Gasteiger partial charge in [-0.1, -0.05) is 20.3 Å².